The van der Waals surface area contributed by atoms with Gasteiger partial charge in [0, 0.05) is 10.9 Å². The van der Waals surface area contributed by atoms with E-state index in [1.165, 1.54) is 0 Å². The summed E-state index contributed by atoms with van der Waals surface area (Å²) in [6.45, 7) is 7.76. The highest BCUT2D eigenvalue weighted by Crippen LogP contribution is 2.29. The van der Waals surface area contributed by atoms with Crippen molar-refractivity contribution in [3.63, 3.8) is 0 Å². The van der Waals surface area contributed by atoms with E-state index in [1.54, 1.807) is 13.0 Å². The van der Waals surface area contributed by atoms with Gasteiger partial charge in [0.15, 0.2) is 6.61 Å². The largest absolute Gasteiger partial charge is 0.507 e. The van der Waals surface area contributed by atoms with E-state index in [4.69, 9.17) is 4.74 Å². The minimum atomic E-state index is -0.360. The second-order valence-electron chi connectivity index (χ2n) is 7.40. The lowest BCUT2D eigenvalue weighted by Gasteiger charge is -2.14. The number of hydrogen-bond acceptors (Lipinski definition) is 4. The number of phenolic OH excluding ortho intramolecular Hbond substituents is 1. The first-order valence-electron chi connectivity index (χ1n) is 9.64. The summed E-state index contributed by atoms with van der Waals surface area (Å²) in [6.07, 6.45) is 0. The summed E-state index contributed by atoms with van der Waals surface area (Å²) in [7, 11) is 0. The fraction of sp³-hybridized carbons (Fsp3) is 0.250. The van der Waals surface area contributed by atoms with Gasteiger partial charge in [-0.3, -0.25) is 4.79 Å². The molecule has 3 rings (SSSR count). The van der Waals surface area contributed by atoms with Crippen LogP contribution in [0.15, 0.2) is 59.7 Å². The third-order valence-corrected chi connectivity index (χ3v) is 4.79. The molecule has 150 valence electrons. The summed E-state index contributed by atoms with van der Waals surface area (Å²) < 4.78 is 5.73. The molecule has 0 atom stereocenters. The molecular formula is C24H26N2O3. The van der Waals surface area contributed by atoms with Crippen LogP contribution >= 0.6 is 0 Å². The van der Waals surface area contributed by atoms with Crippen molar-refractivity contribution in [1.82, 2.24) is 5.43 Å². The number of rotatable bonds is 6. The first-order chi connectivity index (χ1) is 13.9. The van der Waals surface area contributed by atoms with Crippen molar-refractivity contribution in [2.24, 2.45) is 5.10 Å². The van der Waals surface area contributed by atoms with Gasteiger partial charge < -0.3 is 9.84 Å². The van der Waals surface area contributed by atoms with Crippen LogP contribution in [0.3, 0.4) is 0 Å². The predicted molar refractivity (Wildman–Crippen MR) is 117 cm³/mol. The zero-order chi connectivity index (χ0) is 21.0. The van der Waals surface area contributed by atoms with Crippen LogP contribution in [-0.2, 0) is 4.79 Å². The number of aryl methyl sites for hydroxylation is 1. The highest BCUT2D eigenvalue weighted by molar-refractivity contribution is 6.06. The van der Waals surface area contributed by atoms with Crippen molar-refractivity contribution in [2.75, 3.05) is 6.61 Å². The minimum Gasteiger partial charge on any atom is -0.507 e. The van der Waals surface area contributed by atoms with Gasteiger partial charge >= 0.3 is 0 Å². The van der Waals surface area contributed by atoms with Crippen LogP contribution in [0.5, 0.6) is 11.5 Å². The summed E-state index contributed by atoms with van der Waals surface area (Å²) in [6, 6.07) is 17.3. The van der Waals surface area contributed by atoms with Crippen molar-refractivity contribution in [2.45, 2.75) is 33.6 Å². The Kier molecular flexibility index (Phi) is 6.17. The Morgan fingerprint density at radius 2 is 1.90 bits per heavy atom. The lowest BCUT2D eigenvalue weighted by Crippen LogP contribution is -2.26. The Hall–Kier alpha value is -3.34. The number of carbonyl (C=O) groups is 1. The van der Waals surface area contributed by atoms with Gasteiger partial charge in [-0.2, -0.15) is 5.10 Å². The molecule has 5 heteroatoms. The van der Waals surface area contributed by atoms with Crippen LogP contribution in [0.1, 0.15) is 43.4 Å². The Morgan fingerprint density at radius 3 is 2.66 bits per heavy atom. The lowest BCUT2D eigenvalue weighted by atomic mass is 10.0. The number of carbonyl (C=O) groups excluding carboxylic acids is 1. The summed E-state index contributed by atoms with van der Waals surface area (Å²) in [4.78, 5) is 12.2. The maximum absolute atomic E-state index is 12.2. The molecule has 0 saturated heterocycles. The number of ether oxygens (including phenoxy) is 1. The molecule has 1 amide bonds. The number of fused-ring (bicyclic) bond motifs is 1. The maximum atomic E-state index is 12.2. The summed E-state index contributed by atoms with van der Waals surface area (Å²) in [5, 5.41) is 16.3. The van der Waals surface area contributed by atoms with E-state index >= 15 is 0 Å². The van der Waals surface area contributed by atoms with Crippen LogP contribution in [0.2, 0.25) is 0 Å². The van der Waals surface area contributed by atoms with Crippen molar-refractivity contribution in [3.8, 4) is 11.5 Å². The number of hydrazone groups is 1. The van der Waals surface area contributed by atoms with E-state index in [0.717, 1.165) is 21.9 Å². The number of nitrogens with one attached hydrogen (secondary N) is 1. The van der Waals surface area contributed by atoms with E-state index in [9.17, 15) is 9.90 Å². The van der Waals surface area contributed by atoms with Gasteiger partial charge in [-0.25, -0.2) is 5.43 Å². The molecule has 3 aromatic carbocycles. The Bertz CT molecular complexity index is 1070. The zero-order valence-electron chi connectivity index (χ0n) is 17.2. The zero-order valence-corrected chi connectivity index (χ0v) is 17.2. The minimum absolute atomic E-state index is 0.135. The molecule has 5 nitrogen and oxygen atoms in total. The third kappa shape index (κ3) is 4.74. The van der Waals surface area contributed by atoms with Crippen molar-refractivity contribution >= 4 is 22.4 Å². The van der Waals surface area contributed by atoms with E-state index in [0.29, 0.717) is 22.9 Å². The van der Waals surface area contributed by atoms with Crippen LogP contribution in [0.4, 0.5) is 0 Å². The van der Waals surface area contributed by atoms with Gasteiger partial charge in [-0.05, 0) is 48.4 Å². The molecule has 0 aromatic heterocycles. The number of amides is 1. The molecule has 0 saturated carbocycles. The van der Waals surface area contributed by atoms with E-state index < -0.39 is 0 Å². The van der Waals surface area contributed by atoms with E-state index in [2.05, 4.69) is 24.4 Å². The van der Waals surface area contributed by atoms with Crippen LogP contribution in [0, 0.1) is 6.92 Å². The number of nitrogens with zero attached hydrogens (tertiary/aromatic N) is 1. The average Bonchev–Trinajstić information content (AvgIpc) is 2.70. The monoisotopic (exact) mass is 390 g/mol. The fourth-order valence-electron chi connectivity index (χ4n) is 3.17. The van der Waals surface area contributed by atoms with Gasteiger partial charge in [0.05, 0.1) is 5.71 Å². The quantitative estimate of drug-likeness (QED) is 0.465. The van der Waals surface area contributed by atoms with Crippen molar-refractivity contribution < 1.29 is 14.6 Å². The highest BCUT2D eigenvalue weighted by atomic mass is 16.5. The van der Waals surface area contributed by atoms with Gasteiger partial charge in [0.25, 0.3) is 5.91 Å². The van der Waals surface area contributed by atoms with Crippen LogP contribution in [0.25, 0.3) is 10.8 Å². The van der Waals surface area contributed by atoms with Gasteiger partial charge in [0.1, 0.15) is 11.5 Å². The first kappa shape index (κ1) is 20.4. The molecule has 0 bridgehead atoms. The van der Waals surface area contributed by atoms with Crippen molar-refractivity contribution in [1.29, 1.82) is 0 Å². The Labute approximate surface area is 171 Å². The van der Waals surface area contributed by atoms with Crippen LogP contribution in [-0.4, -0.2) is 23.3 Å². The van der Waals surface area contributed by atoms with Crippen molar-refractivity contribution in [3.05, 3.63) is 71.3 Å². The molecule has 29 heavy (non-hydrogen) atoms. The number of aromatic hydroxyl groups is 1. The predicted octanol–water partition coefficient (Wildman–Crippen LogP) is 4.90. The normalized spacial score (nSPS) is 11.7. The number of benzene rings is 3. The topological polar surface area (TPSA) is 70.9 Å². The van der Waals surface area contributed by atoms with Crippen LogP contribution < -0.4 is 10.2 Å². The summed E-state index contributed by atoms with van der Waals surface area (Å²) >= 11 is 0. The second-order valence-corrected chi connectivity index (χ2v) is 7.40. The lowest BCUT2D eigenvalue weighted by molar-refractivity contribution is -0.123. The smallest absolute Gasteiger partial charge is 0.277 e. The van der Waals surface area contributed by atoms with E-state index in [-0.39, 0.29) is 18.3 Å². The molecule has 0 heterocycles. The SMILES string of the molecule is C/C(=N/NC(=O)COc1cc(C)ccc1C(C)C)c1ccc2ccccc2c1O. The first-order valence-corrected chi connectivity index (χ1v) is 9.64. The molecule has 0 aliphatic heterocycles. The highest BCUT2D eigenvalue weighted by Gasteiger charge is 2.12. The number of hydrogen-bond donors (Lipinski definition) is 2. The number of phenols is 1. The van der Waals surface area contributed by atoms with Gasteiger partial charge in [0.2, 0.25) is 0 Å². The summed E-state index contributed by atoms with van der Waals surface area (Å²) in [5.74, 6) is 0.796. The van der Waals surface area contributed by atoms with Gasteiger partial charge in [-0.15, -0.1) is 0 Å². The molecule has 3 aromatic rings. The maximum Gasteiger partial charge on any atom is 0.277 e. The fourth-order valence-corrected chi connectivity index (χ4v) is 3.17. The Balaban J connectivity index is 1.68. The molecule has 0 unspecified atom stereocenters. The standard InChI is InChI=1S/C24H26N2O3/c1-15(2)19-11-9-16(3)13-22(19)29-14-23(27)26-25-17(4)20-12-10-18-7-5-6-8-21(18)24(20)28/h5-13,15,28H,14H2,1-4H3,(H,26,27)/b25-17-. The molecular weight excluding hydrogens is 364 g/mol. The molecule has 0 aliphatic rings. The molecule has 0 spiro atoms. The average molecular weight is 390 g/mol. The third-order valence-electron chi connectivity index (χ3n) is 4.79. The molecule has 0 radical (unpaired) electrons. The second kappa shape index (κ2) is 8.78. The Morgan fingerprint density at radius 1 is 1.14 bits per heavy atom. The van der Waals surface area contributed by atoms with E-state index in [1.807, 2.05) is 55.5 Å². The summed E-state index contributed by atoms with van der Waals surface area (Å²) in [5.41, 5.74) is 5.73. The van der Waals surface area contributed by atoms with Gasteiger partial charge in [-0.1, -0.05) is 56.3 Å². The molecule has 2 N–H and O–H groups in total. The molecule has 0 aliphatic carbocycles. The molecule has 0 fully saturated rings.